The summed E-state index contributed by atoms with van der Waals surface area (Å²) in [4.78, 5) is 11.3. The number of benzene rings is 1. The Balaban J connectivity index is 1.63. The first-order chi connectivity index (χ1) is 15.3. The first kappa shape index (κ1) is 21.1. The molecule has 0 amide bonds. The zero-order valence-corrected chi connectivity index (χ0v) is 18.8. The van der Waals surface area contributed by atoms with Crippen molar-refractivity contribution < 1.29 is 23.1 Å². The van der Waals surface area contributed by atoms with Crippen LogP contribution in [-0.4, -0.2) is 53.3 Å². The third-order valence-corrected chi connectivity index (χ3v) is 6.01. The van der Waals surface area contributed by atoms with Gasteiger partial charge in [0.05, 0.1) is 24.9 Å². The lowest BCUT2D eigenvalue weighted by Gasteiger charge is -2.38. The predicted molar refractivity (Wildman–Crippen MR) is 116 cm³/mol. The Morgan fingerprint density at radius 1 is 1.09 bits per heavy atom. The molecule has 5 rings (SSSR count). The highest BCUT2D eigenvalue weighted by molar-refractivity contribution is 5.93. The van der Waals surface area contributed by atoms with Crippen LogP contribution in [0.15, 0.2) is 16.7 Å². The number of hydrogen-bond acceptors (Lipinski definition) is 8. The van der Waals surface area contributed by atoms with Crippen LogP contribution in [0.25, 0.3) is 22.4 Å². The molecule has 9 heteroatoms. The number of aryl methyl sites for hydroxylation is 2. The summed E-state index contributed by atoms with van der Waals surface area (Å²) >= 11 is 0. The van der Waals surface area contributed by atoms with E-state index in [9.17, 15) is 0 Å². The van der Waals surface area contributed by atoms with Gasteiger partial charge in [0.25, 0.3) is 5.89 Å². The number of piperidine rings is 1. The average Bonchev–Trinajstić information content (AvgIpc) is 3.38. The molecule has 0 aliphatic carbocycles. The molecule has 0 saturated carbocycles. The Bertz CT molecular complexity index is 1150. The number of ether oxygens (including phenoxy) is 3. The molecular weight excluding hydrogens is 415 g/mol. The van der Waals surface area contributed by atoms with Crippen molar-refractivity contribution in [1.82, 2.24) is 15.1 Å². The molecule has 0 radical (unpaired) electrons. The van der Waals surface area contributed by atoms with Gasteiger partial charge in [0.1, 0.15) is 17.1 Å². The Kier molecular flexibility index (Phi) is 5.25. The monoisotopic (exact) mass is 442 g/mol. The van der Waals surface area contributed by atoms with Crippen LogP contribution in [0.3, 0.4) is 0 Å². The highest BCUT2D eigenvalue weighted by Gasteiger charge is 2.41. The number of pyridine rings is 1. The number of aromatic nitrogens is 3. The number of anilines is 1. The van der Waals surface area contributed by atoms with Crippen molar-refractivity contribution in [3.05, 3.63) is 29.3 Å². The summed E-state index contributed by atoms with van der Waals surface area (Å²) < 4.78 is 38.1. The van der Waals surface area contributed by atoms with Gasteiger partial charge >= 0.3 is 0 Å². The minimum Gasteiger partial charge on any atom is -0.491 e. The van der Waals surface area contributed by atoms with Crippen LogP contribution in [0.1, 0.15) is 38.1 Å². The second-order valence-corrected chi connectivity index (χ2v) is 8.64. The molecule has 2 aliphatic rings. The van der Waals surface area contributed by atoms with Gasteiger partial charge in [-0.1, -0.05) is 5.16 Å². The zero-order valence-electron chi connectivity index (χ0n) is 18.8. The lowest BCUT2D eigenvalue weighted by atomic mass is 9.99. The van der Waals surface area contributed by atoms with Gasteiger partial charge in [-0.15, -0.1) is 0 Å². The maximum atomic E-state index is 15.2. The molecule has 1 spiro atoms. The van der Waals surface area contributed by atoms with E-state index in [2.05, 4.69) is 15.0 Å². The molecule has 170 valence electrons. The number of nitrogens with zero attached hydrogens (tertiary/aromatic N) is 4. The molecule has 3 aromatic rings. The van der Waals surface area contributed by atoms with Gasteiger partial charge in [-0.05, 0) is 39.3 Å². The summed E-state index contributed by atoms with van der Waals surface area (Å²) in [5.41, 5.74) is 1.82. The molecule has 0 unspecified atom stereocenters. The van der Waals surface area contributed by atoms with Gasteiger partial charge in [-0.3, -0.25) is 0 Å². The normalized spacial score (nSPS) is 18.2. The van der Waals surface area contributed by atoms with Gasteiger partial charge in [0.2, 0.25) is 0 Å². The Labute approximate surface area is 185 Å². The van der Waals surface area contributed by atoms with E-state index in [4.69, 9.17) is 23.7 Å². The van der Waals surface area contributed by atoms with Gasteiger partial charge in [-0.25, -0.2) is 9.37 Å². The highest BCUT2D eigenvalue weighted by atomic mass is 19.1. The molecule has 0 bridgehead atoms. The van der Waals surface area contributed by atoms with Crippen molar-refractivity contribution in [1.29, 1.82) is 0 Å². The molecule has 2 fully saturated rings. The van der Waals surface area contributed by atoms with Gasteiger partial charge in [0.15, 0.2) is 17.4 Å². The minimum absolute atomic E-state index is 0.0712. The maximum Gasteiger partial charge on any atom is 0.261 e. The number of fused-ring (bicyclic) bond motifs is 1. The van der Waals surface area contributed by atoms with Crippen molar-refractivity contribution in [2.45, 2.75) is 52.4 Å². The third-order valence-electron chi connectivity index (χ3n) is 6.01. The first-order valence-corrected chi connectivity index (χ1v) is 11.0. The van der Waals surface area contributed by atoms with E-state index in [1.54, 1.807) is 6.92 Å². The third kappa shape index (κ3) is 3.69. The van der Waals surface area contributed by atoms with E-state index in [1.807, 2.05) is 26.8 Å². The molecule has 0 N–H and O–H groups in total. The van der Waals surface area contributed by atoms with Crippen molar-refractivity contribution in [3.63, 3.8) is 0 Å². The molecule has 1 aromatic carbocycles. The second kappa shape index (κ2) is 7.97. The second-order valence-electron chi connectivity index (χ2n) is 8.64. The summed E-state index contributed by atoms with van der Waals surface area (Å²) in [5, 5.41) is 4.62. The minimum atomic E-state index is -0.516. The van der Waals surface area contributed by atoms with Crippen LogP contribution in [0.4, 0.5) is 10.2 Å². The molecule has 32 heavy (non-hydrogen) atoms. The lowest BCUT2D eigenvalue weighted by Crippen LogP contribution is -2.45. The molecule has 2 aromatic heterocycles. The molecular formula is C23H27FN4O4. The fraction of sp³-hybridized carbons (Fsp3) is 0.522. The van der Waals surface area contributed by atoms with Gasteiger partial charge in [0, 0.05) is 37.4 Å². The quantitative estimate of drug-likeness (QED) is 0.595. The summed E-state index contributed by atoms with van der Waals surface area (Å²) in [7, 11) is 0. The van der Waals surface area contributed by atoms with Crippen LogP contribution in [0.5, 0.6) is 5.75 Å². The molecule has 0 atom stereocenters. The number of halogens is 1. The van der Waals surface area contributed by atoms with Gasteiger partial charge < -0.3 is 23.6 Å². The fourth-order valence-electron chi connectivity index (χ4n) is 4.51. The number of hydrogen-bond donors (Lipinski definition) is 0. The average molecular weight is 442 g/mol. The van der Waals surface area contributed by atoms with Crippen LogP contribution in [0.2, 0.25) is 0 Å². The van der Waals surface area contributed by atoms with Crippen molar-refractivity contribution in [2.75, 3.05) is 31.2 Å². The van der Waals surface area contributed by atoms with Crippen LogP contribution in [-0.2, 0) is 9.47 Å². The van der Waals surface area contributed by atoms with E-state index >= 15 is 4.39 Å². The topological polar surface area (TPSA) is 82.7 Å². The van der Waals surface area contributed by atoms with Crippen molar-refractivity contribution >= 4 is 16.7 Å². The Hall–Kier alpha value is -2.78. The van der Waals surface area contributed by atoms with E-state index in [-0.39, 0.29) is 6.10 Å². The predicted octanol–water partition coefficient (Wildman–Crippen LogP) is 4.17. The summed E-state index contributed by atoms with van der Waals surface area (Å²) in [5.74, 6) is 1.05. The standard InChI is InChI=1S/C23H27FN4O4/c1-13(2)31-16-11-17-14(3)19(22-25-15(4)27-32-22)21(26-20(17)18(24)12-16)28-7-5-23(6-8-28)29-9-10-30-23/h11-13H,5-10H2,1-4H3. The SMILES string of the molecule is Cc1noc(-c2c(N3CCC4(CC3)OCCO4)nc3c(F)cc(OC(C)C)cc3c2C)n1. The molecule has 2 saturated heterocycles. The van der Waals surface area contributed by atoms with E-state index in [0.717, 1.165) is 5.56 Å². The number of rotatable bonds is 4. The Morgan fingerprint density at radius 3 is 2.44 bits per heavy atom. The molecule has 2 aliphatic heterocycles. The van der Waals surface area contributed by atoms with Crippen LogP contribution < -0.4 is 9.64 Å². The lowest BCUT2D eigenvalue weighted by molar-refractivity contribution is -0.169. The zero-order chi connectivity index (χ0) is 22.5. The van der Waals surface area contributed by atoms with Crippen LogP contribution >= 0.6 is 0 Å². The van der Waals surface area contributed by atoms with Crippen molar-refractivity contribution in [2.24, 2.45) is 0 Å². The van der Waals surface area contributed by atoms with Crippen molar-refractivity contribution in [3.8, 4) is 17.2 Å². The summed E-state index contributed by atoms with van der Waals surface area (Å²) in [6.45, 7) is 10.1. The van der Waals surface area contributed by atoms with Gasteiger partial charge in [-0.2, -0.15) is 4.98 Å². The van der Waals surface area contributed by atoms with Crippen LogP contribution in [0, 0.1) is 19.7 Å². The maximum absolute atomic E-state index is 15.2. The van der Waals surface area contributed by atoms with E-state index < -0.39 is 11.6 Å². The fourth-order valence-corrected chi connectivity index (χ4v) is 4.51. The van der Waals surface area contributed by atoms with E-state index in [1.165, 1.54) is 6.07 Å². The molecule has 4 heterocycles. The molecule has 8 nitrogen and oxygen atoms in total. The first-order valence-electron chi connectivity index (χ1n) is 11.0. The van der Waals surface area contributed by atoms with E-state index in [0.29, 0.717) is 78.9 Å². The largest absolute Gasteiger partial charge is 0.491 e. The summed E-state index contributed by atoms with van der Waals surface area (Å²) in [6.07, 6.45) is 1.34. The highest BCUT2D eigenvalue weighted by Crippen LogP contribution is 2.40. The summed E-state index contributed by atoms with van der Waals surface area (Å²) in [6, 6.07) is 3.21. The Morgan fingerprint density at radius 2 is 1.81 bits per heavy atom. The smallest absolute Gasteiger partial charge is 0.261 e.